The van der Waals surface area contributed by atoms with Gasteiger partial charge in [-0.05, 0) is 119 Å². The maximum Gasteiger partial charge on any atom is 0.419 e. The first-order valence-electron chi connectivity index (χ1n) is 15.4. The first-order chi connectivity index (χ1) is 20.6. The van der Waals surface area contributed by atoms with E-state index in [-0.39, 0.29) is 30.0 Å². The van der Waals surface area contributed by atoms with Crippen molar-refractivity contribution in [2.75, 3.05) is 27.2 Å². The number of ether oxygens (including phenoxy) is 1. The summed E-state index contributed by atoms with van der Waals surface area (Å²) in [5.41, 5.74) is 3.04. The molecule has 4 saturated carbocycles. The standard InChI is InChI=1S/C35H40F3N3O2/c1-21-7-4-5-8-27(21)28-10-12-30(34(42)40-32-25-16-22-15-23(18-25)19-26(32)17-22)39-33(28)24-9-11-29(35(36,37)38)31(20-24)43-14-6-13-41(2)3/h4-5,7-12,20,22-23,25-26,32H,6,13-19H2,1-3H3,(H,40,42). The summed E-state index contributed by atoms with van der Waals surface area (Å²) in [4.78, 5) is 20.5. The van der Waals surface area contributed by atoms with Crippen molar-refractivity contribution in [2.24, 2.45) is 23.7 Å². The van der Waals surface area contributed by atoms with Gasteiger partial charge in [-0.3, -0.25) is 4.79 Å². The van der Waals surface area contributed by atoms with Crippen LogP contribution in [0, 0.1) is 30.6 Å². The molecule has 1 N–H and O–H groups in total. The van der Waals surface area contributed by atoms with Crippen LogP contribution in [0.4, 0.5) is 13.2 Å². The Morgan fingerprint density at radius 1 is 0.953 bits per heavy atom. The number of carbonyl (C=O) groups is 1. The SMILES string of the molecule is Cc1ccccc1-c1ccc(C(=O)NC2C3CC4CC(C3)CC2C4)nc1-c1ccc(C(F)(F)F)c(OCCCN(C)C)c1. The highest BCUT2D eigenvalue weighted by molar-refractivity contribution is 5.95. The maximum absolute atomic E-state index is 14.0. The molecule has 7 rings (SSSR count). The molecule has 1 heterocycles. The Morgan fingerprint density at radius 3 is 2.30 bits per heavy atom. The number of halogens is 3. The summed E-state index contributed by atoms with van der Waals surface area (Å²) in [6.45, 7) is 2.83. The van der Waals surface area contributed by atoms with Gasteiger partial charge in [0.15, 0.2) is 0 Å². The Kier molecular flexibility index (Phi) is 8.24. The van der Waals surface area contributed by atoms with Crippen LogP contribution in [0.15, 0.2) is 54.6 Å². The molecule has 4 fully saturated rings. The maximum atomic E-state index is 14.0. The van der Waals surface area contributed by atoms with Gasteiger partial charge in [0.25, 0.3) is 5.91 Å². The van der Waals surface area contributed by atoms with Crippen molar-refractivity contribution in [3.05, 3.63) is 71.4 Å². The van der Waals surface area contributed by atoms with E-state index in [4.69, 9.17) is 9.72 Å². The van der Waals surface area contributed by atoms with Crippen LogP contribution in [-0.2, 0) is 6.18 Å². The molecule has 8 heteroatoms. The highest BCUT2D eigenvalue weighted by Gasteiger charge is 2.48. The van der Waals surface area contributed by atoms with Gasteiger partial charge in [0.1, 0.15) is 11.4 Å². The first-order valence-corrected chi connectivity index (χ1v) is 15.4. The molecule has 4 aliphatic carbocycles. The average Bonchev–Trinajstić information content (AvgIpc) is 2.96. The summed E-state index contributed by atoms with van der Waals surface area (Å²) in [5, 5.41) is 3.33. The summed E-state index contributed by atoms with van der Waals surface area (Å²) >= 11 is 0. The zero-order valence-corrected chi connectivity index (χ0v) is 25.1. The minimum absolute atomic E-state index is 0.149. The van der Waals surface area contributed by atoms with Crippen molar-refractivity contribution in [1.29, 1.82) is 0 Å². The van der Waals surface area contributed by atoms with Gasteiger partial charge >= 0.3 is 6.18 Å². The lowest BCUT2D eigenvalue weighted by Gasteiger charge is -2.54. The van der Waals surface area contributed by atoms with E-state index in [0.29, 0.717) is 36.1 Å². The summed E-state index contributed by atoms with van der Waals surface area (Å²) in [6, 6.07) is 15.5. The Bertz CT molecular complexity index is 1460. The molecule has 0 spiro atoms. The minimum Gasteiger partial charge on any atom is -0.493 e. The highest BCUT2D eigenvalue weighted by Crippen LogP contribution is 2.53. The number of aromatic nitrogens is 1. The molecule has 3 aromatic rings. The number of rotatable bonds is 9. The smallest absolute Gasteiger partial charge is 0.419 e. The summed E-state index contributed by atoms with van der Waals surface area (Å²) in [7, 11) is 3.82. The van der Waals surface area contributed by atoms with Crippen LogP contribution in [0.25, 0.3) is 22.4 Å². The van der Waals surface area contributed by atoms with Crippen LogP contribution in [0.1, 0.15) is 60.1 Å². The molecule has 0 radical (unpaired) electrons. The number of carbonyl (C=O) groups excluding carboxylic acids is 1. The molecule has 5 nitrogen and oxygen atoms in total. The van der Waals surface area contributed by atoms with Crippen molar-refractivity contribution in [3.63, 3.8) is 0 Å². The molecule has 0 unspecified atom stereocenters. The summed E-state index contributed by atoms with van der Waals surface area (Å²) < 4.78 is 47.7. The van der Waals surface area contributed by atoms with E-state index in [1.54, 1.807) is 6.07 Å². The molecule has 0 aliphatic heterocycles. The monoisotopic (exact) mass is 591 g/mol. The highest BCUT2D eigenvalue weighted by atomic mass is 19.4. The predicted octanol–water partition coefficient (Wildman–Crippen LogP) is 7.63. The lowest BCUT2D eigenvalue weighted by atomic mass is 9.54. The summed E-state index contributed by atoms with van der Waals surface area (Å²) in [5.74, 6) is 2.19. The molecular formula is C35H40F3N3O2. The topological polar surface area (TPSA) is 54.5 Å². The zero-order chi connectivity index (χ0) is 30.3. The van der Waals surface area contributed by atoms with E-state index >= 15 is 0 Å². The number of nitrogens with zero attached hydrogens (tertiary/aromatic N) is 2. The minimum atomic E-state index is -4.57. The molecule has 1 aromatic heterocycles. The van der Waals surface area contributed by atoms with E-state index in [9.17, 15) is 18.0 Å². The van der Waals surface area contributed by atoms with E-state index in [0.717, 1.165) is 34.6 Å². The Labute approximate surface area is 251 Å². The number of pyridine rings is 1. The van der Waals surface area contributed by atoms with Crippen molar-refractivity contribution < 1.29 is 22.7 Å². The fourth-order valence-corrected chi connectivity index (χ4v) is 7.87. The second kappa shape index (κ2) is 11.9. The molecule has 4 bridgehead atoms. The van der Waals surface area contributed by atoms with Crippen molar-refractivity contribution >= 4 is 5.91 Å². The second-order valence-corrected chi connectivity index (χ2v) is 13.1. The van der Waals surface area contributed by atoms with E-state index in [2.05, 4.69) is 5.32 Å². The fourth-order valence-electron chi connectivity index (χ4n) is 7.87. The van der Waals surface area contributed by atoms with Gasteiger partial charge in [-0.2, -0.15) is 13.2 Å². The van der Waals surface area contributed by atoms with Crippen LogP contribution in [0.2, 0.25) is 0 Å². The third kappa shape index (κ3) is 6.30. The molecule has 43 heavy (non-hydrogen) atoms. The first kappa shape index (κ1) is 29.7. The molecule has 0 saturated heterocycles. The van der Waals surface area contributed by atoms with Crippen LogP contribution in [0.3, 0.4) is 0 Å². The lowest BCUT2D eigenvalue weighted by Crippen LogP contribution is -2.55. The number of aryl methyl sites for hydroxylation is 1. The van der Waals surface area contributed by atoms with E-state index in [1.165, 1.54) is 44.2 Å². The largest absolute Gasteiger partial charge is 0.493 e. The van der Waals surface area contributed by atoms with Gasteiger partial charge in [-0.1, -0.05) is 30.3 Å². The molecular weight excluding hydrogens is 551 g/mol. The number of benzene rings is 2. The number of amides is 1. The van der Waals surface area contributed by atoms with Gasteiger partial charge in [-0.25, -0.2) is 4.98 Å². The van der Waals surface area contributed by atoms with Crippen LogP contribution >= 0.6 is 0 Å². The number of hydrogen-bond acceptors (Lipinski definition) is 4. The normalized spacial score (nSPS) is 24.4. The van der Waals surface area contributed by atoms with Crippen LogP contribution in [0.5, 0.6) is 5.75 Å². The average molecular weight is 592 g/mol. The van der Waals surface area contributed by atoms with Gasteiger partial charge < -0.3 is 15.0 Å². The molecule has 4 aliphatic rings. The van der Waals surface area contributed by atoms with Gasteiger partial charge in [0.2, 0.25) is 0 Å². The fraction of sp³-hybridized carbons (Fsp3) is 0.486. The number of hydrogen-bond donors (Lipinski definition) is 1. The van der Waals surface area contributed by atoms with Crippen LogP contribution < -0.4 is 10.1 Å². The van der Waals surface area contributed by atoms with Gasteiger partial charge in [-0.15, -0.1) is 0 Å². The lowest BCUT2D eigenvalue weighted by molar-refractivity contribution is -0.138. The molecule has 2 aromatic carbocycles. The number of alkyl halides is 3. The Balaban J connectivity index is 1.35. The van der Waals surface area contributed by atoms with Crippen molar-refractivity contribution in [2.45, 2.75) is 57.7 Å². The van der Waals surface area contributed by atoms with Crippen molar-refractivity contribution in [1.82, 2.24) is 15.2 Å². The van der Waals surface area contributed by atoms with E-state index in [1.807, 2.05) is 56.3 Å². The molecule has 228 valence electrons. The second-order valence-electron chi connectivity index (χ2n) is 13.1. The molecule has 0 atom stereocenters. The van der Waals surface area contributed by atoms with E-state index < -0.39 is 11.7 Å². The zero-order valence-electron chi connectivity index (χ0n) is 25.1. The molecule has 1 amide bonds. The van der Waals surface area contributed by atoms with Gasteiger partial charge in [0.05, 0.1) is 17.9 Å². The third-order valence-electron chi connectivity index (χ3n) is 9.66. The number of nitrogens with one attached hydrogen (secondary N) is 1. The summed E-state index contributed by atoms with van der Waals surface area (Å²) in [6.07, 6.45) is 2.10. The quantitative estimate of drug-likeness (QED) is 0.260. The van der Waals surface area contributed by atoms with Gasteiger partial charge in [0, 0.05) is 23.7 Å². The Hall–Kier alpha value is -3.39. The predicted molar refractivity (Wildman–Crippen MR) is 162 cm³/mol. The Morgan fingerprint density at radius 2 is 1.65 bits per heavy atom. The third-order valence-corrected chi connectivity index (χ3v) is 9.66. The van der Waals surface area contributed by atoms with Crippen molar-refractivity contribution in [3.8, 4) is 28.1 Å². The van der Waals surface area contributed by atoms with Crippen LogP contribution in [-0.4, -0.2) is 49.1 Å².